The van der Waals surface area contributed by atoms with Crippen LogP contribution in [0.25, 0.3) is 0 Å². The van der Waals surface area contributed by atoms with Crippen molar-refractivity contribution in [3.63, 3.8) is 0 Å². The van der Waals surface area contributed by atoms with Gasteiger partial charge < -0.3 is 14.0 Å². The van der Waals surface area contributed by atoms with Crippen molar-refractivity contribution in [3.05, 3.63) is 11.3 Å². The molecule has 0 amide bonds. The van der Waals surface area contributed by atoms with E-state index in [2.05, 4.69) is 0 Å². The summed E-state index contributed by atoms with van der Waals surface area (Å²) in [5.74, 6) is 0. The van der Waals surface area contributed by atoms with Gasteiger partial charge in [-0.2, -0.15) is 0 Å². The van der Waals surface area contributed by atoms with Crippen LogP contribution in [0.15, 0.2) is 11.3 Å². The number of rotatable bonds is 3. The largest absolute Gasteiger partial charge is 0.525 e. The minimum absolute atomic E-state index is 0.165. The quantitative estimate of drug-likeness (QED) is 0.726. The molecule has 0 aromatic rings. The van der Waals surface area contributed by atoms with Crippen LogP contribution >= 0.6 is 0 Å². The molecule has 2 rings (SSSR count). The second-order valence-corrected chi connectivity index (χ2v) is 6.03. The lowest BCUT2D eigenvalue weighted by atomic mass is 9.76. The molecule has 0 radical (unpaired) electrons. The molecule has 0 bridgehead atoms. The molecule has 0 N–H and O–H groups in total. The monoisotopic (exact) mass is 256 g/mol. The third-order valence-corrected chi connectivity index (χ3v) is 4.15. The SMILES string of the molecule is CCOC1CC(=C(F)B2OC(C)(C)C(C)(C)O2)C1. The minimum atomic E-state index is -0.854. The maximum atomic E-state index is 14.2. The van der Waals surface area contributed by atoms with Crippen molar-refractivity contribution in [3.8, 4) is 0 Å². The molecular formula is C13H22BFO3. The van der Waals surface area contributed by atoms with Crippen molar-refractivity contribution in [2.75, 3.05) is 6.61 Å². The average molecular weight is 256 g/mol. The van der Waals surface area contributed by atoms with Crippen LogP contribution in [-0.2, 0) is 14.0 Å². The third-order valence-electron chi connectivity index (χ3n) is 4.15. The summed E-state index contributed by atoms with van der Waals surface area (Å²) >= 11 is 0. The third kappa shape index (κ3) is 2.36. The number of ether oxygens (including phenoxy) is 1. The van der Waals surface area contributed by atoms with Crippen LogP contribution in [0.4, 0.5) is 4.39 Å². The van der Waals surface area contributed by atoms with Gasteiger partial charge >= 0.3 is 7.12 Å². The van der Waals surface area contributed by atoms with Gasteiger partial charge in [-0.15, -0.1) is 0 Å². The molecule has 0 unspecified atom stereocenters. The molecule has 1 saturated carbocycles. The first-order valence-electron chi connectivity index (χ1n) is 6.61. The molecule has 5 heteroatoms. The number of hydrogen-bond acceptors (Lipinski definition) is 3. The Hall–Kier alpha value is -0.385. The molecule has 1 aliphatic heterocycles. The highest BCUT2D eigenvalue weighted by atomic mass is 19.1. The van der Waals surface area contributed by atoms with Crippen molar-refractivity contribution in [1.29, 1.82) is 0 Å². The van der Waals surface area contributed by atoms with Gasteiger partial charge in [-0.25, -0.2) is 4.39 Å². The summed E-state index contributed by atoms with van der Waals surface area (Å²) in [4.78, 5) is 0. The maximum Gasteiger partial charge on any atom is 0.525 e. The Morgan fingerprint density at radius 1 is 1.28 bits per heavy atom. The van der Waals surface area contributed by atoms with Crippen LogP contribution in [0.3, 0.4) is 0 Å². The summed E-state index contributed by atoms with van der Waals surface area (Å²) in [5.41, 5.74) is -0.464. The Morgan fingerprint density at radius 2 is 1.78 bits per heavy atom. The van der Waals surface area contributed by atoms with E-state index in [9.17, 15) is 4.39 Å². The zero-order valence-electron chi connectivity index (χ0n) is 11.9. The van der Waals surface area contributed by atoms with Crippen LogP contribution in [0.2, 0.25) is 0 Å². The van der Waals surface area contributed by atoms with Crippen molar-refractivity contribution >= 4 is 7.12 Å². The van der Waals surface area contributed by atoms with Gasteiger partial charge in [-0.05, 0) is 53.0 Å². The molecule has 0 aromatic heterocycles. The van der Waals surface area contributed by atoms with E-state index in [1.54, 1.807) is 0 Å². The van der Waals surface area contributed by atoms with Crippen LogP contribution < -0.4 is 0 Å². The fourth-order valence-corrected chi connectivity index (χ4v) is 2.15. The fourth-order valence-electron chi connectivity index (χ4n) is 2.15. The molecule has 1 aliphatic carbocycles. The second kappa shape index (κ2) is 4.62. The van der Waals surface area contributed by atoms with E-state index in [1.165, 1.54) is 0 Å². The van der Waals surface area contributed by atoms with Crippen LogP contribution in [0.5, 0.6) is 0 Å². The van der Waals surface area contributed by atoms with Gasteiger partial charge in [0.2, 0.25) is 0 Å². The van der Waals surface area contributed by atoms with Crippen molar-refractivity contribution in [1.82, 2.24) is 0 Å². The van der Waals surface area contributed by atoms with Gasteiger partial charge in [0.15, 0.2) is 0 Å². The summed E-state index contributed by atoms with van der Waals surface area (Å²) in [6.07, 6.45) is 1.48. The van der Waals surface area contributed by atoms with Gasteiger partial charge in [-0.1, -0.05) is 0 Å². The molecule has 18 heavy (non-hydrogen) atoms. The van der Waals surface area contributed by atoms with Gasteiger partial charge in [0.05, 0.1) is 17.3 Å². The topological polar surface area (TPSA) is 27.7 Å². The lowest BCUT2D eigenvalue weighted by Gasteiger charge is -2.32. The molecule has 3 nitrogen and oxygen atoms in total. The maximum absolute atomic E-state index is 14.2. The Labute approximate surface area is 109 Å². The second-order valence-electron chi connectivity index (χ2n) is 6.03. The molecule has 0 atom stereocenters. The van der Waals surface area contributed by atoms with Gasteiger partial charge in [-0.3, -0.25) is 0 Å². The van der Waals surface area contributed by atoms with Crippen molar-refractivity contribution in [2.45, 2.75) is 64.8 Å². The van der Waals surface area contributed by atoms with E-state index in [0.29, 0.717) is 19.4 Å². The first-order valence-corrected chi connectivity index (χ1v) is 6.61. The lowest BCUT2D eigenvalue weighted by molar-refractivity contribution is 0.00578. The molecule has 0 aromatic carbocycles. The van der Waals surface area contributed by atoms with Crippen molar-refractivity contribution in [2.24, 2.45) is 0 Å². The Balaban J connectivity index is 2.01. The Bertz CT molecular complexity index is 341. The molecule has 2 aliphatic rings. The smallest absolute Gasteiger partial charge is 0.398 e. The lowest BCUT2D eigenvalue weighted by Crippen LogP contribution is -2.41. The summed E-state index contributed by atoms with van der Waals surface area (Å²) < 4.78 is 31.0. The van der Waals surface area contributed by atoms with Gasteiger partial charge in [0, 0.05) is 6.61 Å². The first kappa shape index (κ1) is 14.0. The van der Waals surface area contributed by atoms with E-state index in [-0.39, 0.29) is 11.8 Å². The van der Waals surface area contributed by atoms with Crippen LogP contribution in [-0.4, -0.2) is 31.0 Å². The normalized spacial score (nSPS) is 29.3. The minimum Gasteiger partial charge on any atom is -0.398 e. The average Bonchev–Trinajstić information content (AvgIpc) is 2.40. The Morgan fingerprint density at radius 3 is 2.22 bits per heavy atom. The zero-order valence-corrected chi connectivity index (χ0v) is 11.9. The Kier molecular flexibility index (Phi) is 3.60. The summed E-state index contributed by atoms with van der Waals surface area (Å²) in [6.45, 7) is 10.3. The molecule has 102 valence electrons. The predicted octanol–water partition coefficient (Wildman–Crippen LogP) is 3.04. The fraction of sp³-hybridized carbons (Fsp3) is 0.846. The highest BCUT2D eigenvalue weighted by Gasteiger charge is 2.54. The summed E-state index contributed by atoms with van der Waals surface area (Å²) in [6, 6.07) is 0. The van der Waals surface area contributed by atoms with Crippen molar-refractivity contribution < 1.29 is 18.4 Å². The zero-order chi connectivity index (χ0) is 13.6. The van der Waals surface area contributed by atoms with E-state index >= 15 is 0 Å². The van der Waals surface area contributed by atoms with E-state index < -0.39 is 18.3 Å². The first-order chi connectivity index (χ1) is 8.27. The number of hydrogen-bond donors (Lipinski definition) is 0. The predicted molar refractivity (Wildman–Crippen MR) is 68.9 cm³/mol. The molecule has 2 fully saturated rings. The standard InChI is InChI=1S/C13H22BFO3/c1-6-16-10-7-9(8-10)11(15)14-17-12(2,3)13(4,5)18-14/h10H,6-8H2,1-5H3. The van der Waals surface area contributed by atoms with E-state index in [1.807, 2.05) is 34.6 Å². The molecule has 0 spiro atoms. The highest BCUT2D eigenvalue weighted by molar-refractivity contribution is 6.53. The van der Waals surface area contributed by atoms with E-state index in [4.69, 9.17) is 14.0 Å². The molecule has 1 heterocycles. The molecular weight excluding hydrogens is 234 g/mol. The summed E-state index contributed by atoms with van der Waals surface area (Å²) in [5, 5.41) is 0. The number of halogens is 1. The van der Waals surface area contributed by atoms with E-state index in [0.717, 1.165) is 5.57 Å². The molecule has 1 saturated heterocycles. The highest BCUT2D eigenvalue weighted by Crippen LogP contribution is 2.41. The van der Waals surface area contributed by atoms with Gasteiger partial charge in [0.1, 0.15) is 5.73 Å². The summed E-state index contributed by atoms with van der Waals surface area (Å²) in [7, 11) is -0.854. The van der Waals surface area contributed by atoms with Crippen LogP contribution in [0.1, 0.15) is 47.5 Å². The van der Waals surface area contributed by atoms with Gasteiger partial charge in [0.25, 0.3) is 0 Å². The van der Waals surface area contributed by atoms with Crippen LogP contribution in [0, 0.1) is 0 Å².